The summed E-state index contributed by atoms with van der Waals surface area (Å²) in [5.41, 5.74) is 1.87. The van der Waals surface area contributed by atoms with Crippen LogP contribution in [0.3, 0.4) is 0 Å². The van der Waals surface area contributed by atoms with Crippen LogP contribution in [0.5, 0.6) is 11.5 Å². The Morgan fingerprint density at radius 1 is 1.40 bits per heavy atom. The first-order valence-electron chi connectivity index (χ1n) is 6.62. The van der Waals surface area contributed by atoms with E-state index in [4.69, 9.17) is 26.2 Å². The van der Waals surface area contributed by atoms with E-state index in [9.17, 15) is 4.79 Å². The second-order valence-corrected chi connectivity index (χ2v) is 5.59. The van der Waals surface area contributed by atoms with Crippen molar-refractivity contribution in [3.63, 3.8) is 0 Å². The molecule has 0 spiro atoms. The summed E-state index contributed by atoms with van der Waals surface area (Å²) in [6, 6.07) is 1.82. The zero-order valence-electron chi connectivity index (χ0n) is 11.9. The van der Waals surface area contributed by atoms with E-state index in [0.717, 1.165) is 24.0 Å². The zero-order chi connectivity index (χ0) is 14.9. The highest BCUT2D eigenvalue weighted by Gasteiger charge is 2.35. The van der Waals surface area contributed by atoms with Gasteiger partial charge in [-0.25, -0.2) is 0 Å². The molecule has 1 aromatic rings. The molecule has 20 heavy (non-hydrogen) atoms. The summed E-state index contributed by atoms with van der Waals surface area (Å²) in [6.07, 6.45) is 2.27. The second kappa shape index (κ2) is 5.92. The molecule has 0 saturated heterocycles. The third-order valence-electron chi connectivity index (χ3n) is 3.87. The van der Waals surface area contributed by atoms with Crippen molar-refractivity contribution in [2.45, 2.75) is 32.1 Å². The van der Waals surface area contributed by atoms with Gasteiger partial charge in [0, 0.05) is 0 Å². The number of carboxylic acids is 1. The highest BCUT2D eigenvalue weighted by Crippen LogP contribution is 2.49. The fourth-order valence-corrected chi connectivity index (χ4v) is 3.04. The molecule has 1 atom stereocenters. The van der Waals surface area contributed by atoms with Gasteiger partial charge in [-0.2, -0.15) is 0 Å². The summed E-state index contributed by atoms with van der Waals surface area (Å²) in [7, 11) is 3.10. The largest absolute Gasteiger partial charge is 0.493 e. The quantitative estimate of drug-likeness (QED) is 0.871. The molecule has 0 aromatic heterocycles. The Bertz CT molecular complexity index is 523. The predicted octanol–water partition coefficient (Wildman–Crippen LogP) is 3.63. The maximum atomic E-state index is 11.1. The van der Waals surface area contributed by atoms with Crippen LogP contribution in [0.2, 0.25) is 5.02 Å². The molecule has 5 heteroatoms. The molecule has 110 valence electrons. The highest BCUT2D eigenvalue weighted by atomic mass is 35.5. The molecule has 0 heterocycles. The summed E-state index contributed by atoms with van der Waals surface area (Å²) in [5, 5.41) is 9.58. The van der Waals surface area contributed by atoms with Crippen LogP contribution in [0.4, 0.5) is 0 Å². The number of ether oxygens (including phenoxy) is 2. The van der Waals surface area contributed by atoms with Crippen molar-refractivity contribution in [1.82, 2.24) is 0 Å². The molecule has 1 unspecified atom stereocenters. The van der Waals surface area contributed by atoms with Gasteiger partial charge in [0.15, 0.2) is 11.5 Å². The van der Waals surface area contributed by atoms with E-state index < -0.39 is 5.97 Å². The lowest BCUT2D eigenvalue weighted by molar-refractivity contribution is -0.137. The minimum atomic E-state index is -0.785. The Labute approximate surface area is 123 Å². The van der Waals surface area contributed by atoms with Crippen LogP contribution in [0.15, 0.2) is 6.07 Å². The van der Waals surface area contributed by atoms with Gasteiger partial charge in [-0.05, 0) is 48.8 Å². The van der Waals surface area contributed by atoms with Crippen LogP contribution in [-0.2, 0) is 4.79 Å². The normalized spacial score (nSPS) is 15.8. The van der Waals surface area contributed by atoms with Crippen molar-refractivity contribution in [2.75, 3.05) is 14.2 Å². The average molecular weight is 299 g/mol. The Kier molecular flexibility index (Phi) is 4.43. The Morgan fingerprint density at radius 2 is 2.00 bits per heavy atom. The number of methoxy groups -OCH3 is 2. The van der Waals surface area contributed by atoms with Crippen molar-refractivity contribution in [3.8, 4) is 11.5 Å². The fraction of sp³-hybridized carbons (Fsp3) is 0.533. The van der Waals surface area contributed by atoms with E-state index in [-0.39, 0.29) is 12.3 Å². The number of benzene rings is 1. The summed E-state index contributed by atoms with van der Waals surface area (Å²) in [6.45, 7) is 1.92. The summed E-state index contributed by atoms with van der Waals surface area (Å²) in [5.74, 6) is 0.724. The maximum absolute atomic E-state index is 11.1. The zero-order valence-corrected chi connectivity index (χ0v) is 12.7. The molecule has 1 fully saturated rings. The van der Waals surface area contributed by atoms with Crippen LogP contribution in [-0.4, -0.2) is 25.3 Å². The van der Waals surface area contributed by atoms with Gasteiger partial charge in [-0.15, -0.1) is 0 Å². The van der Waals surface area contributed by atoms with Crippen LogP contribution in [0.1, 0.15) is 36.3 Å². The third kappa shape index (κ3) is 2.85. The molecular weight excluding hydrogens is 280 g/mol. The van der Waals surface area contributed by atoms with Crippen molar-refractivity contribution < 1.29 is 19.4 Å². The van der Waals surface area contributed by atoms with Crippen LogP contribution >= 0.6 is 11.6 Å². The molecule has 0 bridgehead atoms. The first-order valence-corrected chi connectivity index (χ1v) is 7.00. The molecule has 2 rings (SSSR count). The predicted molar refractivity (Wildman–Crippen MR) is 77.0 cm³/mol. The molecule has 1 aliphatic rings. The Morgan fingerprint density at radius 3 is 2.45 bits per heavy atom. The molecule has 1 aromatic carbocycles. The molecule has 1 saturated carbocycles. The van der Waals surface area contributed by atoms with Crippen LogP contribution in [0, 0.1) is 12.8 Å². The van der Waals surface area contributed by atoms with E-state index in [0.29, 0.717) is 22.4 Å². The molecule has 0 aliphatic heterocycles. The highest BCUT2D eigenvalue weighted by molar-refractivity contribution is 6.32. The average Bonchev–Trinajstić information content (AvgIpc) is 3.22. The van der Waals surface area contributed by atoms with Gasteiger partial charge in [0.2, 0.25) is 0 Å². The lowest BCUT2D eigenvalue weighted by Gasteiger charge is -2.21. The molecule has 0 radical (unpaired) electrons. The summed E-state index contributed by atoms with van der Waals surface area (Å²) < 4.78 is 10.7. The monoisotopic (exact) mass is 298 g/mol. The molecule has 1 aliphatic carbocycles. The van der Waals surface area contributed by atoms with E-state index in [1.807, 2.05) is 13.0 Å². The molecule has 0 amide bonds. The second-order valence-electron chi connectivity index (χ2n) is 5.18. The first kappa shape index (κ1) is 15.0. The lowest BCUT2D eigenvalue weighted by Crippen LogP contribution is -2.11. The van der Waals surface area contributed by atoms with Gasteiger partial charge in [0.05, 0.1) is 25.7 Å². The number of aliphatic carboxylic acids is 1. The van der Waals surface area contributed by atoms with Gasteiger partial charge < -0.3 is 14.6 Å². The van der Waals surface area contributed by atoms with E-state index in [1.165, 1.54) is 0 Å². The molecular formula is C15H19ClO4. The minimum Gasteiger partial charge on any atom is -0.493 e. The van der Waals surface area contributed by atoms with Crippen molar-refractivity contribution in [1.29, 1.82) is 0 Å². The smallest absolute Gasteiger partial charge is 0.303 e. The molecule has 1 N–H and O–H groups in total. The number of rotatable bonds is 6. The van der Waals surface area contributed by atoms with E-state index in [2.05, 4.69) is 0 Å². The van der Waals surface area contributed by atoms with Crippen LogP contribution in [0.25, 0.3) is 0 Å². The van der Waals surface area contributed by atoms with Crippen molar-refractivity contribution >= 4 is 17.6 Å². The first-order chi connectivity index (χ1) is 9.49. The topological polar surface area (TPSA) is 55.8 Å². The third-order valence-corrected chi connectivity index (χ3v) is 4.15. The number of carboxylic acid groups (broad SMARTS) is 1. The van der Waals surface area contributed by atoms with Crippen LogP contribution < -0.4 is 9.47 Å². The van der Waals surface area contributed by atoms with Gasteiger partial charge >= 0.3 is 5.97 Å². The lowest BCUT2D eigenvalue weighted by atomic mass is 9.87. The van der Waals surface area contributed by atoms with Gasteiger partial charge in [-0.1, -0.05) is 11.6 Å². The Balaban J connectivity index is 2.49. The number of carbonyl (C=O) groups is 1. The fourth-order valence-electron chi connectivity index (χ4n) is 2.76. The van der Waals surface area contributed by atoms with Crippen molar-refractivity contribution in [2.24, 2.45) is 5.92 Å². The molecule has 4 nitrogen and oxygen atoms in total. The van der Waals surface area contributed by atoms with Gasteiger partial charge in [0.25, 0.3) is 0 Å². The maximum Gasteiger partial charge on any atom is 0.303 e. The standard InChI is InChI=1S/C15H19ClO4/c1-8-10(11(7-13(17)18)9-4-5-9)6-12(16)15(20-3)14(8)19-2/h6,9,11H,4-5,7H2,1-3H3,(H,17,18). The SMILES string of the molecule is COc1c(Cl)cc(C(CC(=O)O)C2CC2)c(C)c1OC. The number of hydrogen-bond donors (Lipinski definition) is 1. The minimum absolute atomic E-state index is 0.00944. The number of halogens is 1. The summed E-state index contributed by atoms with van der Waals surface area (Å²) >= 11 is 6.24. The van der Waals surface area contributed by atoms with Crippen molar-refractivity contribution in [3.05, 3.63) is 22.2 Å². The Hall–Kier alpha value is -1.42. The van der Waals surface area contributed by atoms with E-state index in [1.54, 1.807) is 14.2 Å². The number of hydrogen-bond acceptors (Lipinski definition) is 3. The summed E-state index contributed by atoms with van der Waals surface area (Å²) in [4.78, 5) is 11.1. The van der Waals surface area contributed by atoms with Gasteiger partial charge in [0.1, 0.15) is 0 Å². The van der Waals surface area contributed by atoms with E-state index >= 15 is 0 Å². The van der Waals surface area contributed by atoms with Gasteiger partial charge in [-0.3, -0.25) is 4.79 Å².